The first-order chi connectivity index (χ1) is 26.4. The van der Waals surface area contributed by atoms with Crippen molar-refractivity contribution in [1.29, 1.82) is 0 Å². The summed E-state index contributed by atoms with van der Waals surface area (Å²) in [5.74, 6) is 12.2. The summed E-state index contributed by atoms with van der Waals surface area (Å²) in [5.41, 5.74) is 0. The summed E-state index contributed by atoms with van der Waals surface area (Å²) in [7, 11) is 0. The van der Waals surface area contributed by atoms with E-state index >= 15 is 0 Å². The predicted octanol–water partition coefficient (Wildman–Crippen LogP) is 7.33. The Bertz CT molecular complexity index is 1190. The van der Waals surface area contributed by atoms with Gasteiger partial charge in [0, 0.05) is 43.4 Å². The van der Waals surface area contributed by atoms with Gasteiger partial charge in [0.25, 0.3) is 0 Å². The molecular formula is C43H74N6O4S. The number of amides is 3. The van der Waals surface area contributed by atoms with Gasteiger partial charge in [0.1, 0.15) is 11.8 Å². The number of rotatable bonds is 31. The Hall–Kier alpha value is -2.44. The van der Waals surface area contributed by atoms with Crippen LogP contribution in [0.2, 0.25) is 0 Å². The van der Waals surface area contributed by atoms with Crippen molar-refractivity contribution in [2.24, 2.45) is 0 Å². The largest absolute Gasteiger partial charge is 0.480 e. The lowest BCUT2D eigenvalue weighted by Crippen LogP contribution is -2.62. The molecule has 0 aromatic heterocycles. The Morgan fingerprint density at radius 2 is 1.39 bits per heavy atom. The smallest absolute Gasteiger partial charge is 0.320 e. The lowest BCUT2D eigenvalue weighted by atomic mass is 10.0. The molecule has 0 aromatic carbocycles. The molecular weight excluding hydrogens is 697 g/mol. The zero-order valence-corrected chi connectivity index (χ0v) is 34.4. The number of thioether (sulfide) groups is 1. The molecule has 3 amide bonds. The Kier molecular flexibility index (Phi) is 24.6. The van der Waals surface area contributed by atoms with Crippen LogP contribution in [-0.4, -0.2) is 77.6 Å². The lowest BCUT2D eigenvalue weighted by molar-refractivity contribution is -0.139. The highest BCUT2D eigenvalue weighted by molar-refractivity contribution is 8.00. The summed E-state index contributed by atoms with van der Waals surface area (Å²) in [4.78, 5) is 36.2. The maximum Gasteiger partial charge on any atom is 0.320 e. The Morgan fingerprint density at radius 3 is 2.02 bits per heavy atom. The van der Waals surface area contributed by atoms with E-state index in [1.165, 1.54) is 83.5 Å². The van der Waals surface area contributed by atoms with Gasteiger partial charge in [0.15, 0.2) is 0 Å². The Morgan fingerprint density at radius 1 is 0.796 bits per heavy atom. The van der Waals surface area contributed by atoms with Crippen LogP contribution in [0.15, 0.2) is 0 Å². The average molecular weight is 771 g/mol. The van der Waals surface area contributed by atoms with E-state index in [9.17, 15) is 19.5 Å². The molecule has 11 heteroatoms. The highest BCUT2D eigenvalue weighted by Crippen LogP contribution is 2.33. The number of aliphatic carboxylic acids is 1. The number of nitrogens with one attached hydrogen (secondary N) is 6. The molecule has 3 rings (SSSR count). The van der Waals surface area contributed by atoms with Gasteiger partial charge in [-0.05, 0) is 69.8 Å². The van der Waals surface area contributed by atoms with E-state index in [-0.39, 0.29) is 24.0 Å². The van der Waals surface area contributed by atoms with E-state index in [0.29, 0.717) is 24.6 Å². The minimum Gasteiger partial charge on any atom is -0.480 e. The van der Waals surface area contributed by atoms with Gasteiger partial charge < -0.3 is 26.4 Å². The quantitative estimate of drug-likeness (QED) is 0.0221. The van der Waals surface area contributed by atoms with Gasteiger partial charge in [-0.3, -0.25) is 20.2 Å². The number of carboxylic acids is 1. The topological polar surface area (TPSA) is 144 Å². The maximum absolute atomic E-state index is 12.8. The van der Waals surface area contributed by atoms with Gasteiger partial charge in [-0.1, -0.05) is 115 Å². The van der Waals surface area contributed by atoms with Crippen molar-refractivity contribution >= 4 is 29.7 Å². The van der Waals surface area contributed by atoms with E-state index in [0.717, 1.165) is 89.5 Å². The monoisotopic (exact) mass is 771 g/mol. The minimum atomic E-state index is -0.819. The van der Waals surface area contributed by atoms with Crippen LogP contribution in [0.5, 0.6) is 0 Å². The van der Waals surface area contributed by atoms with E-state index < -0.39 is 17.8 Å². The first-order valence-corrected chi connectivity index (χ1v) is 22.9. The van der Waals surface area contributed by atoms with Crippen LogP contribution in [0.25, 0.3) is 0 Å². The van der Waals surface area contributed by atoms with Gasteiger partial charge in [-0.2, -0.15) is 11.8 Å². The second-order valence-corrected chi connectivity index (χ2v) is 16.9. The fourth-order valence-electron chi connectivity index (χ4n) is 7.81. The number of hydrogen-bond acceptors (Lipinski definition) is 7. The van der Waals surface area contributed by atoms with Crippen LogP contribution < -0.4 is 31.9 Å². The first kappa shape index (κ1) is 45.9. The Balaban J connectivity index is 1.12. The molecule has 10 nitrogen and oxygen atoms in total. The van der Waals surface area contributed by atoms with E-state index in [1.54, 1.807) is 0 Å². The van der Waals surface area contributed by atoms with Gasteiger partial charge in [-0.25, -0.2) is 4.79 Å². The minimum absolute atomic E-state index is 0.0542. The third-order valence-electron chi connectivity index (χ3n) is 11.0. The van der Waals surface area contributed by atoms with Crippen molar-refractivity contribution in [3.05, 3.63) is 0 Å². The molecule has 0 bridgehead atoms. The molecule has 0 aromatic rings. The molecule has 0 saturated carbocycles. The van der Waals surface area contributed by atoms with Crippen molar-refractivity contribution in [2.45, 2.75) is 203 Å². The molecule has 0 radical (unpaired) electrons. The van der Waals surface area contributed by atoms with E-state index in [2.05, 4.69) is 62.5 Å². The summed E-state index contributed by atoms with van der Waals surface area (Å²) < 4.78 is 0. The molecule has 4 atom stereocenters. The summed E-state index contributed by atoms with van der Waals surface area (Å²) in [6.45, 7) is 4.58. The third-order valence-corrected chi connectivity index (χ3v) is 12.5. The first-order valence-electron chi connectivity index (χ1n) is 21.8. The Labute approximate surface area is 332 Å². The zero-order valence-electron chi connectivity index (χ0n) is 33.6. The molecule has 306 valence electrons. The molecule has 3 aliphatic heterocycles. The van der Waals surface area contributed by atoms with Gasteiger partial charge in [0.05, 0.1) is 12.1 Å². The number of hydrogen-bond donors (Lipinski definition) is 7. The summed E-state index contributed by atoms with van der Waals surface area (Å²) in [6.07, 6.45) is 28.5. The molecule has 7 N–H and O–H groups in total. The second kappa shape index (κ2) is 28.9. The number of carbonyl (C=O) groups is 3. The number of urea groups is 1. The van der Waals surface area contributed by atoms with Crippen LogP contribution in [0.4, 0.5) is 4.79 Å². The van der Waals surface area contributed by atoms with Crippen LogP contribution in [0, 0.1) is 23.7 Å². The van der Waals surface area contributed by atoms with Crippen molar-refractivity contribution < 1.29 is 19.5 Å². The predicted molar refractivity (Wildman–Crippen MR) is 223 cm³/mol. The molecule has 1 unspecified atom stereocenters. The summed E-state index contributed by atoms with van der Waals surface area (Å²) in [5, 5.41) is 29.4. The molecule has 3 aliphatic rings. The number of carboxylic acid groups (broad SMARTS) is 1. The summed E-state index contributed by atoms with van der Waals surface area (Å²) in [6, 6.07) is -0.321. The molecule has 0 aliphatic carbocycles. The fraction of sp³-hybridized carbons (Fsp3) is 0.837. The number of fused-ring (bicyclic) bond motifs is 1. The van der Waals surface area contributed by atoms with Gasteiger partial charge in [0.2, 0.25) is 5.91 Å². The van der Waals surface area contributed by atoms with Gasteiger partial charge >= 0.3 is 12.0 Å². The molecule has 3 fully saturated rings. The van der Waals surface area contributed by atoms with Crippen molar-refractivity contribution in [3.8, 4) is 23.7 Å². The number of carbonyl (C=O) groups excluding carboxylic acids is 2. The van der Waals surface area contributed by atoms with Gasteiger partial charge in [-0.15, -0.1) is 0 Å². The van der Waals surface area contributed by atoms with E-state index in [1.807, 2.05) is 11.8 Å². The van der Waals surface area contributed by atoms with Crippen LogP contribution in [0.1, 0.15) is 174 Å². The average Bonchev–Trinajstić information content (AvgIpc) is 3.87. The SMILES string of the molecule is CCCCCCCCCCCCC#CC#CCCCCCCCCC1(NC(=O)CCCCCNC(CCC[C@@H]2SC[C@@H]3NC(=O)N[C@@H]32)C(=O)O)NCCN1. The standard InChI is InChI=1S/C43H74N6O4S/c1-2-3-4-5-6-7-8-9-10-11-12-13-14-15-16-17-18-19-20-21-22-25-31-43(45-33-34-46-43)49-39(50)30-24-23-26-32-44-36(41(51)52)28-27-29-38-40-37(35-54-38)47-42(53)48-40/h36-38,40,44-46H,2-12,17-35H2,1H3,(H,49,50)(H,51,52)(H2,47,48,53)/t36?,37-,38-,40-/m0/s1. The normalized spacial score (nSPS) is 20.2. The highest BCUT2D eigenvalue weighted by atomic mass is 32.2. The van der Waals surface area contributed by atoms with Crippen molar-refractivity contribution in [1.82, 2.24) is 31.9 Å². The van der Waals surface area contributed by atoms with Crippen LogP contribution in [-0.2, 0) is 9.59 Å². The molecule has 0 spiro atoms. The van der Waals surface area contributed by atoms with Crippen molar-refractivity contribution in [2.75, 3.05) is 25.4 Å². The lowest BCUT2D eigenvalue weighted by Gasteiger charge is -2.31. The third kappa shape index (κ3) is 19.9. The maximum atomic E-state index is 12.8. The number of unbranched alkanes of at least 4 members (excludes halogenated alkanes) is 18. The van der Waals surface area contributed by atoms with Crippen LogP contribution in [0.3, 0.4) is 0 Å². The zero-order chi connectivity index (χ0) is 38.5. The second-order valence-electron chi connectivity index (χ2n) is 15.7. The molecule has 3 heterocycles. The van der Waals surface area contributed by atoms with Crippen molar-refractivity contribution in [3.63, 3.8) is 0 Å². The fourth-order valence-corrected chi connectivity index (χ4v) is 9.35. The van der Waals surface area contributed by atoms with Crippen LogP contribution >= 0.6 is 11.8 Å². The highest BCUT2D eigenvalue weighted by Gasteiger charge is 2.42. The molecule has 54 heavy (non-hydrogen) atoms. The van der Waals surface area contributed by atoms with E-state index in [4.69, 9.17) is 0 Å². The molecule has 3 saturated heterocycles. The summed E-state index contributed by atoms with van der Waals surface area (Å²) >= 11 is 1.86.